The topological polar surface area (TPSA) is 61.9 Å². The number of rotatable bonds is 3. The summed E-state index contributed by atoms with van der Waals surface area (Å²) in [6, 6.07) is 4.55. The number of nitrogens with zero attached hydrogens (tertiary/aromatic N) is 2. The molecule has 104 valence electrons. The fourth-order valence-electron chi connectivity index (χ4n) is 2.16. The van der Waals surface area contributed by atoms with Gasteiger partial charge in [0.2, 0.25) is 0 Å². The monoisotopic (exact) mass is 283 g/mol. The number of amidine groups is 1. The third kappa shape index (κ3) is 4.11. The maximum Gasteiger partial charge on any atom is 0.170 e. The van der Waals surface area contributed by atoms with E-state index >= 15 is 0 Å². The molecule has 0 unspecified atom stereocenters. The molecule has 1 aliphatic heterocycles. The van der Waals surface area contributed by atoms with Crippen LogP contribution in [0.4, 0.5) is 4.39 Å². The Balaban J connectivity index is 2.13. The van der Waals surface area contributed by atoms with Gasteiger partial charge in [0.1, 0.15) is 5.82 Å². The van der Waals surface area contributed by atoms with Gasteiger partial charge in [-0.25, -0.2) is 4.39 Å². The Morgan fingerprint density at radius 2 is 2.21 bits per heavy atom. The molecule has 0 spiro atoms. The Labute approximate surface area is 116 Å². The number of hydrogen-bond acceptors (Lipinski definition) is 4. The average Bonchev–Trinajstić information content (AvgIpc) is 2.65. The van der Waals surface area contributed by atoms with Crippen LogP contribution in [-0.4, -0.2) is 40.5 Å². The van der Waals surface area contributed by atoms with Crippen LogP contribution in [0.5, 0.6) is 0 Å². The minimum absolute atomic E-state index is 0.0628. The van der Waals surface area contributed by atoms with Crippen molar-refractivity contribution in [1.82, 2.24) is 4.90 Å². The second-order valence-electron chi connectivity index (χ2n) is 4.58. The Hall–Kier alpha value is -1.27. The van der Waals surface area contributed by atoms with E-state index in [4.69, 9.17) is 10.9 Å². The van der Waals surface area contributed by atoms with Gasteiger partial charge < -0.3 is 10.9 Å². The molecule has 1 saturated heterocycles. The van der Waals surface area contributed by atoms with Crippen LogP contribution < -0.4 is 5.73 Å². The SMILES string of the molecule is N/C(=N/O)c1cc(F)cc(CN2CCCSCC2)c1. The molecule has 1 aromatic carbocycles. The van der Waals surface area contributed by atoms with Crippen molar-refractivity contribution in [2.45, 2.75) is 13.0 Å². The molecule has 1 aliphatic rings. The lowest BCUT2D eigenvalue weighted by Crippen LogP contribution is -2.25. The Morgan fingerprint density at radius 3 is 3.00 bits per heavy atom. The van der Waals surface area contributed by atoms with Gasteiger partial charge in [-0.15, -0.1) is 0 Å². The van der Waals surface area contributed by atoms with E-state index in [0.29, 0.717) is 12.1 Å². The first-order valence-electron chi connectivity index (χ1n) is 6.26. The van der Waals surface area contributed by atoms with Crippen molar-refractivity contribution in [1.29, 1.82) is 0 Å². The first-order chi connectivity index (χ1) is 9.19. The predicted molar refractivity (Wildman–Crippen MR) is 76.1 cm³/mol. The van der Waals surface area contributed by atoms with Gasteiger partial charge in [0.15, 0.2) is 5.84 Å². The van der Waals surface area contributed by atoms with Crippen LogP contribution in [0, 0.1) is 5.82 Å². The van der Waals surface area contributed by atoms with Crippen LogP contribution in [0.15, 0.2) is 23.4 Å². The van der Waals surface area contributed by atoms with Crippen molar-refractivity contribution in [2.24, 2.45) is 10.9 Å². The molecule has 0 amide bonds. The summed E-state index contributed by atoms with van der Waals surface area (Å²) in [6.45, 7) is 2.74. The van der Waals surface area contributed by atoms with Gasteiger partial charge in [-0.2, -0.15) is 11.8 Å². The van der Waals surface area contributed by atoms with Crippen molar-refractivity contribution in [3.63, 3.8) is 0 Å². The fraction of sp³-hybridized carbons (Fsp3) is 0.462. The van der Waals surface area contributed by atoms with Gasteiger partial charge in [0.05, 0.1) is 0 Å². The number of hydrogen-bond donors (Lipinski definition) is 2. The summed E-state index contributed by atoms with van der Waals surface area (Å²) in [5, 5.41) is 11.6. The van der Waals surface area contributed by atoms with Crippen LogP contribution in [-0.2, 0) is 6.54 Å². The number of halogens is 1. The van der Waals surface area contributed by atoms with Gasteiger partial charge in [0, 0.05) is 24.4 Å². The summed E-state index contributed by atoms with van der Waals surface area (Å²) in [5.74, 6) is 1.88. The second-order valence-corrected chi connectivity index (χ2v) is 5.80. The molecular weight excluding hydrogens is 265 g/mol. The zero-order valence-corrected chi connectivity index (χ0v) is 11.5. The van der Waals surface area contributed by atoms with E-state index in [1.807, 2.05) is 11.8 Å². The lowest BCUT2D eigenvalue weighted by Gasteiger charge is -2.19. The van der Waals surface area contributed by atoms with E-state index in [0.717, 1.165) is 30.8 Å². The van der Waals surface area contributed by atoms with E-state index in [-0.39, 0.29) is 11.7 Å². The van der Waals surface area contributed by atoms with Gasteiger partial charge in [-0.1, -0.05) is 5.16 Å². The molecule has 1 aromatic rings. The highest BCUT2D eigenvalue weighted by atomic mass is 32.2. The van der Waals surface area contributed by atoms with E-state index in [1.165, 1.54) is 17.9 Å². The van der Waals surface area contributed by atoms with Crippen molar-refractivity contribution < 1.29 is 9.60 Å². The molecule has 6 heteroatoms. The summed E-state index contributed by atoms with van der Waals surface area (Å²) >= 11 is 1.96. The first-order valence-corrected chi connectivity index (χ1v) is 7.42. The second kappa shape index (κ2) is 6.77. The molecule has 0 aromatic heterocycles. The Kier molecular flexibility index (Phi) is 5.04. The molecule has 19 heavy (non-hydrogen) atoms. The molecule has 0 atom stereocenters. The van der Waals surface area contributed by atoms with Crippen LogP contribution in [0.3, 0.4) is 0 Å². The average molecular weight is 283 g/mol. The normalized spacial score (nSPS) is 18.3. The predicted octanol–water partition coefficient (Wildman–Crippen LogP) is 1.86. The van der Waals surface area contributed by atoms with Gasteiger partial charge >= 0.3 is 0 Å². The zero-order valence-electron chi connectivity index (χ0n) is 10.7. The van der Waals surface area contributed by atoms with Gasteiger partial charge in [0.25, 0.3) is 0 Å². The molecule has 0 saturated carbocycles. The number of benzene rings is 1. The van der Waals surface area contributed by atoms with Gasteiger partial charge in [-0.05, 0) is 42.5 Å². The molecule has 3 N–H and O–H groups in total. The van der Waals surface area contributed by atoms with Crippen LogP contribution in [0.1, 0.15) is 17.5 Å². The molecule has 1 heterocycles. The summed E-state index contributed by atoms with van der Waals surface area (Å²) in [7, 11) is 0. The van der Waals surface area contributed by atoms with Crippen LogP contribution in [0.25, 0.3) is 0 Å². The minimum Gasteiger partial charge on any atom is -0.409 e. The summed E-state index contributed by atoms with van der Waals surface area (Å²) in [5.41, 5.74) is 6.78. The molecule has 4 nitrogen and oxygen atoms in total. The first kappa shape index (κ1) is 14.1. The van der Waals surface area contributed by atoms with Crippen LogP contribution in [0.2, 0.25) is 0 Å². The van der Waals surface area contributed by atoms with E-state index < -0.39 is 0 Å². The Morgan fingerprint density at radius 1 is 1.37 bits per heavy atom. The molecule has 0 radical (unpaired) electrons. The van der Waals surface area contributed by atoms with Crippen molar-refractivity contribution in [3.8, 4) is 0 Å². The van der Waals surface area contributed by atoms with E-state index in [9.17, 15) is 4.39 Å². The maximum atomic E-state index is 13.5. The maximum absolute atomic E-state index is 13.5. The quantitative estimate of drug-likeness (QED) is 0.385. The molecule has 0 aliphatic carbocycles. The standard InChI is InChI=1S/C13H18FN3OS/c14-12-7-10(6-11(8-12)13(15)16-18)9-17-2-1-4-19-5-3-17/h6-8,18H,1-5,9H2,(H2,15,16). The van der Waals surface area contributed by atoms with E-state index in [2.05, 4.69) is 10.1 Å². The Bertz CT molecular complexity index is 459. The van der Waals surface area contributed by atoms with E-state index in [1.54, 1.807) is 6.07 Å². The third-order valence-electron chi connectivity index (χ3n) is 3.08. The lowest BCUT2D eigenvalue weighted by atomic mass is 10.1. The molecular formula is C13H18FN3OS. The highest BCUT2D eigenvalue weighted by molar-refractivity contribution is 7.99. The number of oxime groups is 1. The molecule has 0 bridgehead atoms. The number of thioether (sulfide) groups is 1. The third-order valence-corrected chi connectivity index (χ3v) is 4.13. The van der Waals surface area contributed by atoms with Crippen molar-refractivity contribution in [3.05, 3.63) is 35.1 Å². The highest BCUT2D eigenvalue weighted by Crippen LogP contribution is 2.15. The fourth-order valence-corrected chi connectivity index (χ4v) is 3.09. The highest BCUT2D eigenvalue weighted by Gasteiger charge is 2.11. The molecule has 1 fully saturated rings. The lowest BCUT2D eigenvalue weighted by molar-refractivity contribution is 0.287. The minimum atomic E-state index is -0.358. The van der Waals surface area contributed by atoms with Crippen molar-refractivity contribution in [2.75, 3.05) is 24.6 Å². The largest absolute Gasteiger partial charge is 0.409 e. The van der Waals surface area contributed by atoms with Gasteiger partial charge in [-0.3, -0.25) is 4.90 Å². The smallest absolute Gasteiger partial charge is 0.170 e. The zero-order chi connectivity index (χ0) is 13.7. The summed E-state index contributed by atoms with van der Waals surface area (Å²) in [6.07, 6.45) is 1.16. The summed E-state index contributed by atoms with van der Waals surface area (Å²) in [4.78, 5) is 2.31. The van der Waals surface area contributed by atoms with Crippen LogP contribution >= 0.6 is 11.8 Å². The molecule has 2 rings (SSSR count). The summed E-state index contributed by atoms with van der Waals surface area (Å²) < 4.78 is 13.5. The number of nitrogens with two attached hydrogens (primary N) is 1. The van der Waals surface area contributed by atoms with Crippen molar-refractivity contribution >= 4 is 17.6 Å².